The van der Waals surface area contributed by atoms with Gasteiger partial charge in [-0.15, -0.1) is 0 Å². The molecule has 0 aromatic carbocycles. The first-order chi connectivity index (χ1) is 9.74. The molecular formula is C13H16N6O. The Bertz CT molecular complexity index is 584. The summed E-state index contributed by atoms with van der Waals surface area (Å²) in [6.07, 6.45) is 5.34. The molecule has 1 amide bonds. The molecule has 0 aliphatic heterocycles. The standard InChI is InChI=1S/C13H16N6O/c1-2-9-4-3-5-15-10(9)6-18-13(20)11-7-17-12(19-14)8-16-11/h3-5,7-8H,2,6,14H2,1H3,(H,17,19)(H,18,20). The van der Waals surface area contributed by atoms with E-state index in [4.69, 9.17) is 5.84 Å². The Labute approximate surface area is 116 Å². The van der Waals surface area contributed by atoms with Gasteiger partial charge in [0.15, 0.2) is 5.82 Å². The fraction of sp³-hybridized carbons (Fsp3) is 0.231. The number of aromatic nitrogens is 3. The predicted molar refractivity (Wildman–Crippen MR) is 74.6 cm³/mol. The molecule has 0 radical (unpaired) electrons. The summed E-state index contributed by atoms with van der Waals surface area (Å²) in [4.78, 5) is 24.1. The zero-order valence-corrected chi connectivity index (χ0v) is 11.1. The van der Waals surface area contributed by atoms with Gasteiger partial charge in [-0.25, -0.2) is 15.8 Å². The molecule has 0 saturated carbocycles. The normalized spacial score (nSPS) is 10.1. The molecule has 0 aliphatic carbocycles. The lowest BCUT2D eigenvalue weighted by atomic mass is 10.1. The molecule has 2 aromatic heterocycles. The Kier molecular flexibility index (Phi) is 4.56. The highest BCUT2D eigenvalue weighted by atomic mass is 16.1. The highest BCUT2D eigenvalue weighted by Crippen LogP contribution is 2.06. The Hall–Kier alpha value is -2.54. The lowest BCUT2D eigenvalue weighted by molar-refractivity contribution is 0.0945. The van der Waals surface area contributed by atoms with E-state index in [1.54, 1.807) is 6.20 Å². The minimum Gasteiger partial charge on any atom is -0.345 e. The molecule has 7 heteroatoms. The van der Waals surface area contributed by atoms with Gasteiger partial charge >= 0.3 is 0 Å². The minimum absolute atomic E-state index is 0.234. The van der Waals surface area contributed by atoms with Crippen LogP contribution in [0.2, 0.25) is 0 Å². The fourth-order valence-corrected chi connectivity index (χ4v) is 1.73. The van der Waals surface area contributed by atoms with Crippen LogP contribution in [-0.2, 0) is 13.0 Å². The summed E-state index contributed by atoms with van der Waals surface area (Å²) in [5.41, 5.74) is 4.56. The van der Waals surface area contributed by atoms with Gasteiger partial charge in [0.25, 0.3) is 5.91 Å². The first-order valence-electron chi connectivity index (χ1n) is 6.24. The molecule has 2 aromatic rings. The number of nitrogen functional groups attached to an aromatic ring is 1. The van der Waals surface area contributed by atoms with Crippen molar-refractivity contribution in [1.82, 2.24) is 20.3 Å². The number of carbonyl (C=O) groups is 1. The zero-order valence-electron chi connectivity index (χ0n) is 11.1. The van der Waals surface area contributed by atoms with Gasteiger partial charge in [0.1, 0.15) is 5.69 Å². The van der Waals surface area contributed by atoms with Crippen LogP contribution in [0.3, 0.4) is 0 Å². The quantitative estimate of drug-likeness (QED) is 0.545. The van der Waals surface area contributed by atoms with E-state index in [1.807, 2.05) is 19.1 Å². The van der Waals surface area contributed by atoms with Gasteiger partial charge in [0, 0.05) is 6.20 Å². The van der Waals surface area contributed by atoms with Crippen LogP contribution in [0.25, 0.3) is 0 Å². The van der Waals surface area contributed by atoms with E-state index in [1.165, 1.54) is 12.4 Å². The molecule has 104 valence electrons. The maximum Gasteiger partial charge on any atom is 0.271 e. The number of aryl methyl sites for hydroxylation is 1. The van der Waals surface area contributed by atoms with Crippen LogP contribution in [0.5, 0.6) is 0 Å². The van der Waals surface area contributed by atoms with Crippen LogP contribution in [0.15, 0.2) is 30.7 Å². The van der Waals surface area contributed by atoms with Crippen LogP contribution in [0.1, 0.15) is 28.7 Å². The predicted octanol–water partition coefficient (Wildman–Crippen LogP) is 0.650. The Morgan fingerprint density at radius 1 is 1.30 bits per heavy atom. The largest absolute Gasteiger partial charge is 0.345 e. The number of nitrogens with two attached hydrogens (primary N) is 1. The first kappa shape index (κ1) is 13.9. The van der Waals surface area contributed by atoms with Crippen LogP contribution < -0.4 is 16.6 Å². The summed E-state index contributed by atoms with van der Waals surface area (Å²) >= 11 is 0. The second-order valence-corrected chi connectivity index (χ2v) is 4.08. The summed E-state index contributed by atoms with van der Waals surface area (Å²) in [6.45, 7) is 2.41. The molecule has 4 N–H and O–H groups in total. The van der Waals surface area contributed by atoms with Gasteiger partial charge in [0.05, 0.1) is 24.6 Å². The van der Waals surface area contributed by atoms with Crippen molar-refractivity contribution in [1.29, 1.82) is 0 Å². The minimum atomic E-state index is -0.297. The molecule has 20 heavy (non-hydrogen) atoms. The molecular weight excluding hydrogens is 256 g/mol. The van der Waals surface area contributed by atoms with E-state index in [2.05, 4.69) is 25.7 Å². The summed E-state index contributed by atoms with van der Waals surface area (Å²) in [7, 11) is 0. The SMILES string of the molecule is CCc1cccnc1CNC(=O)c1cnc(NN)cn1. The van der Waals surface area contributed by atoms with Crippen molar-refractivity contribution < 1.29 is 4.79 Å². The van der Waals surface area contributed by atoms with Gasteiger partial charge < -0.3 is 10.7 Å². The van der Waals surface area contributed by atoms with Crippen LogP contribution >= 0.6 is 0 Å². The average molecular weight is 272 g/mol. The first-order valence-corrected chi connectivity index (χ1v) is 6.24. The van der Waals surface area contributed by atoms with Gasteiger partial charge in [-0.3, -0.25) is 9.78 Å². The molecule has 7 nitrogen and oxygen atoms in total. The van der Waals surface area contributed by atoms with Crippen molar-refractivity contribution >= 4 is 11.7 Å². The van der Waals surface area contributed by atoms with Crippen molar-refractivity contribution in [3.8, 4) is 0 Å². The van der Waals surface area contributed by atoms with E-state index in [0.29, 0.717) is 12.4 Å². The molecule has 0 spiro atoms. The monoisotopic (exact) mass is 272 g/mol. The van der Waals surface area contributed by atoms with E-state index in [-0.39, 0.29) is 11.6 Å². The molecule has 2 heterocycles. The number of carbonyl (C=O) groups excluding carboxylic acids is 1. The fourth-order valence-electron chi connectivity index (χ4n) is 1.73. The third kappa shape index (κ3) is 3.27. The highest BCUT2D eigenvalue weighted by molar-refractivity contribution is 5.91. The summed E-state index contributed by atoms with van der Waals surface area (Å²) in [5, 5.41) is 2.77. The van der Waals surface area contributed by atoms with Gasteiger partial charge in [0.2, 0.25) is 0 Å². The highest BCUT2D eigenvalue weighted by Gasteiger charge is 2.09. The second kappa shape index (κ2) is 6.58. The third-order valence-corrected chi connectivity index (χ3v) is 2.81. The van der Waals surface area contributed by atoms with Crippen LogP contribution in [0.4, 0.5) is 5.82 Å². The molecule has 0 saturated heterocycles. The van der Waals surface area contributed by atoms with Crippen molar-refractivity contribution in [3.05, 3.63) is 47.7 Å². The van der Waals surface area contributed by atoms with Gasteiger partial charge in [-0.1, -0.05) is 13.0 Å². The second-order valence-electron chi connectivity index (χ2n) is 4.08. The third-order valence-electron chi connectivity index (χ3n) is 2.81. The van der Waals surface area contributed by atoms with E-state index < -0.39 is 0 Å². The number of anilines is 1. The summed E-state index contributed by atoms with van der Waals surface area (Å²) in [6, 6.07) is 3.88. The van der Waals surface area contributed by atoms with Crippen molar-refractivity contribution in [2.45, 2.75) is 19.9 Å². The summed E-state index contributed by atoms with van der Waals surface area (Å²) in [5.74, 6) is 5.29. The molecule has 0 aliphatic rings. The Balaban J connectivity index is 2.01. The van der Waals surface area contributed by atoms with Gasteiger partial charge in [-0.2, -0.15) is 0 Å². The lowest BCUT2D eigenvalue weighted by Gasteiger charge is -2.08. The van der Waals surface area contributed by atoms with E-state index >= 15 is 0 Å². The number of nitrogens with zero attached hydrogens (tertiary/aromatic N) is 3. The average Bonchev–Trinajstić information content (AvgIpc) is 2.53. The topological polar surface area (TPSA) is 106 Å². The maximum atomic E-state index is 11.9. The Morgan fingerprint density at radius 3 is 2.80 bits per heavy atom. The summed E-state index contributed by atoms with van der Waals surface area (Å²) < 4.78 is 0. The molecule has 0 unspecified atom stereocenters. The van der Waals surface area contributed by atoms with Crippen molar-refractivity contribution in [2.75, 3.05) is 5.43 Å². The number of hydrazine groups is 1. The molecule has 0 fully saturated rings. The van der Waals surface area contributed by atoms with Gasteiger partial charge in [-0.05, 0) is 18.1 Å². The smallest absolute Gasteiger partial charge is 0.271 e. The number of pyridine rings is 1. The van der Waals surface area contributed by atoms with Crippen LogP contribution in [-0.4, -0.2) is 20.9 Å². The number of hydrogen-bond donors (Lipinski definition) is 3. The zero-order chi connectivity index (χ0) is 14.4. The molecule has 2 rings (SSSR count). The molecule has 0 bridgehead atoms. The number of rotatable bonds is 5. The van der Waals surface area contributed by atoms with E-state index in [9.17, 15) is 4.79 Å². The maximum absolute atomic E-state index is 11.9. The molecule has 0 atom stereocenters. The van der Waals surface area contributed by atoms with E-state index in [0.717, 1.165) is 17.7 Å². The van der Waals surface area contributed by atoms with Crippen LogP contribution in [0, 0.1) is 0 Å². The lowest BCUT2D eigenvalue weighted by Crippen LogP contribution is -2.25. The number of hydrogen-bond acceptors (Lipinski definition) is 6. The number of amides is 1. The van der Waals surface area contributed by atoms with Crippen molar-refractivity contribution in [3.63, 3.8) is 0 Å². The Morgan fingerprint density at radius 2 is 2.15 bits per heavy atom. The van der Waals surface area contributed by atoms with Crippen molar-refractivity contribution in [2.24, 2.45) is 5.84 Å². The number of nitrogens with one attached hydrogen (secondary N) is 2.